The van der Waals surface area contributed by atoms with Crippen molar-refractivity contribution < 1.29 is 9.26 Å². The zero-order valence-electron chi connectivity index (χ0n) is 16.3. The van der Waals surface area contributed by atoms with Crippen molar-refractivity contribution in [1.82, 2.24) is 20.1 Å². The third-order valence-electron chi connectivity index (χ3n) is 4.23. The number of ether oxygens (including phenoxy) is 1. The number of aromatic amines is 1. The third-order valence-corrected chi connectivity index (χ3v) is 6.09. The molecule has 3 heterocycles. The van der Waals surface area contributed by atoms with E-state index in [9.17, 15) is 4.79 Å². The van der Waals surface area contributed by atoms with Crippen molar-refractivity contribution in [3.63, 3.8) is 0 Å². The van der Waals surface area contributed by atoms with Crippen LogP contribution in [0, 0.1) is 0 Å². The lowest BCUT2D eigenvalue weighted by molar-refractivity contribution is 0.342. The molecule has 0 aliphatic carbocycles. The first kappa shape index (κ1) is 21.4. The van der Waals surface area contributed by atoms with Crippen LogP contribution in [0.2, 0.25) is 10.0 Å². The largest absolute Gasteiger partial charge is 0.492 e. The summed E-state index contributed by atoms with van der Waals surface area (Å²) in [6.07, 6.45) is 2.44. The molecule has 3 aromatic heterocycles. The van der Waals surface area contributed by atoms with E-state index in [1.165, 1.54) is 11.3 Å². The topological polar surface area (TPSA) is 106 Å². The Morgan fingerprint density at radius 3 is 2.84 bits per heavy atom. The summed E-state index contributed by atoms with van der Waals surface area (Å²) in [7, 11) is 0. The Hall–Kier alpha value is -2.88. The van der Waals surface area contributed by atoms with E-state index in [2.05, 4.69) is 29.9 Å². The van der Waals surface area contributed by atoms with Crippen LogP contribution in [0.5, 0.6) is 5.75 Å². The Morgan fingerprint density at radius 2 is 2.10 bits per heavy atom. The van der Waals surface area contributed by atoms with Gasteiger partial charge >= 0.3 is 5.76 Å². The summed E-state index contributed by atoms with van der Waals surface area (Å²) >= 11 is 13.4. The second kappa shape index (κ2) is 9.51. The van der Waals surface area contributed by atoms with E-state index in [0.717, 1.165) is 16.9 Å². The van der Waals surface area contributed by atoms with Crippen LogP contribution in [0.4, 0.5) is 5.82 Å². The van der Waals surface area contributed by atoms with Gasteiger partial charge in [0.05, 0.1) is 21.5 Å². The Kier molecular flexibility index (Phi) is 6.55. The van der Waals surface area contributed by atoms with Crippen molar-refractivity contribution in [2.24, 2.45) is 0 Å². The van der Waals surface area contributed by atoms with Crippen molar-refractivity contribution in [3.05, 3.63) is 62.7 Å². The van der Waals surface area contributed by atoms with Crippen LogP contribution in [0.3, 0.4) is 0 Å². The van der Waals surface area contributed by atoms with Crippen LogP contribution in [0.1, 0.15) is 12.5 Å². The van der Waals surface area contributed by atoms with Gasteiger partial charge in [-0.15, -0.1) is 11.3 Å². The molecule has 0 unspecified atom stereocenters. The summed E-state index contributed by atoms with van der Waals surface area (Å²) in [6.45, 7) is 3.00. The molecule has 2 N–H and O–H groups in total. The third kappa shape index (κ3) is 5.07. The molecule has 0 aliphatic rings. The molecule has 0 atom stereocenters. The van der Waals surface area contributed by atoms with E-state index in [4.69, 9.17) is 27.9 Å². The van der Waals surface area contributed by atoms with Gasteiger partial charge in [0.15, 0.2) is 11.6 Å². The SMILES string of the molecule is CCOc1cc(-c2nccc(NCCc3ccc(Cl)c(Cl)c3)n2)sc1-c1noc(=O)[nH]1. The van der Waals surface area contributed by atoms with Gasteiger partial charge < -0.3 is 10.1 Å². The summed E-state index contributed by atoms with van der Waals surface area (Å²) in [5, 5.41) is 8.12. The summed E-state index contributed by atoms with van der Waals surface area (Å²) in [4.78, 5) is 24.2. The second-order valence-corrected chi connectivity index (χ2v) is 8.24. The molecular formula is C20H17Cl2N5O3S. The highest BCUT2D eigenvalue weighted by Gasteiger charge is 2.18. The highest BCUT2D eigenvalue weighted by atomic mass is 35.5. The molecule has 1 aromatic carbocycles. The number of halogens is 2. The summed E-state index contributed by atoms with van der Waals surface area (Å²) in [5.74, 6) is 1.47. The van der Waals surface area contributed by atoms with Gasteiger partial charge in [-0.25, -0.2) is 14.8 Å². The van der Waals surface area contributed by atoms with Gasteiger partial charge in [0, 0.05) is 18.8 Å². The molecule has 0 fully saturated rings. The fraction of sp³-hybridized carbons (Fsp3) is 0.200. The molecule has 0 saturated carbocycles. The van der Waals surface area contributed by atoms with E-state index in [1.807, 2.05) is 25.1 Å². The Morgan fingerprint density at radius 1 is 1.23 bits per heavy atom. The lowest BCUT2D eigenvalue weighted by Crippen LogP contribution is -2.07. The molecule has 160 valence electrons. The predicted octanol–water partition coefficient (Wildman–Crippen LogP) is 4.91. The molecule has 0 aliphatic heterocycles. The van der Waals surface area contributed by atoms with Gasteiger partial charge in [0.2, 0.25) is 0 Å². The minimum Gasteiger partial charge on any atom is -0.492 e. The van der Waals surface area contributed by atoms with Crippen LogP contribution in [0.25, 0.3) is 21.4 Å². The van der Waals surface area contributed by atoms with Gasteiger partial charge in [-0.2, -0.15) is 0 Å². The first-order valence-corrected chi connectivity index (χ1v) is 10.9. The van der Waals surface area contributed by atoms with Crippen molar-refractivity contribution in [2.75, 3.05) is 18.5 Å². The molecule has 0 saturated heterocycles. The van der Waals surface area contributed by atoms with E-state index in [1.54, 1.807) is 18.3 Å². The zero-order chi connectivity index (χ0) is 21.8. The maximum atomic E-state index is 11.3. The van der Waals surface area contributed by atoms with Gasteiger partial charge in [-0.1, -0.05) is 34.4 Å². The zero-order valence-corrected chi connectivity index (χ0v) is 18.6. The maximum absolute atomic E-state index is 11.3. The Balaban J connectivity index is 1.51. The molecule has 11 heteroatoms. The molecule has 0 bridgehead atoms. The second-order valence-electron chi connectivity index (χ2n) is 6.37. The normalized spacial score (nSPS) is 10.9. The number of anilines is 1. The standard InChI is InChI=1S/C20H17Cl2N5O3S/c1-2-29-14-10-15(31-17(14)19-26-20(28)30-27-19)18-24-8-6-16(25-18)23-7-5-11-3-4-12(21)13(22)9-11/h3-4,6,8-10H,2,5,7H2,1H3,(H,23,24,25)(H,26,27,28). The molecule has 31 heavy (non-hydrogen) atoms. The van der Waals surface area contributed by atoms with E-state index in [-0.39, 0.29) is 0 Å². The minimum absolute atomic E-state index is 0.306. The van der Waals surface area contributed by atoms with Gasteiger partial charge in [0.1, 0.15) is 16.4 Å². The van der Waals surface area contributed by atoms with Crippen LogP contribution in [-0.2, 0) is 6.42 Å². The number of H-pyrrole nitrogens is 1. The quantitative estimate of drug-likeness (QED) is 0.371. The average Bonchev–Trinajstić information content (AvgIpc) is 3.37. The van der Waals surface area contributed by atoms with Crippen molar-refractivity contribution in [2.45, 2.75) is 13.3 Å². The van der Waals surface area contributed by atoms with Crippen LogP contribution >= 0.6 is 34.5 Å². The van der Waals surface area contributed by atoms with Gasteiger partial charge in [0.25, 0.3) is 0 Å². The van der Waals surface area contributed by atoms with Crippen molar-refractivity contribution in [1.29, 1.82) is 0 Å². The lowest BCUT2D eigenvalue weighted by Gasteiger charge is -2.07. The number of thiophene rings is 1. The average molecular weight is 478 g/mol. The number of rotatable bonds is 8. The van der Waals surface area contributed by atoms with E-state index in [0.29, 0.717) is 51.3 Å². The Bertz CT molecular complexity index is 1250. The summed E-state index contributed by atoms with van der Waals surface area (Å²) in [5.41, 5.74) is 1.07. The number of hydrogen-bond donors (Lipinski definition) is 2. The molecule has 0 radical (unpaired) electrons. The number of aromatic nitrogens is 4. The van der Waals surface area contributed by atoms with Crippen LogP contribution in [-0.4, -0.2) is 33.3 Å². The number of nitrogens with one attached hydrogen (secondary N) is 2. The molecule has 8 nitrogen and oxygen atoms in total. The van der Waals surface area contributed by atoms with Crippen molar-refractivity contribution in [3.8, 4) is 27.2 Å². The highest BCUT2D eigenvalue weighted by Crippen LogP contribution is 2.40. The van der Waals surface area contributed by atoms with Gasteiger partial charge in [-0.3, -0.25) is 9.51 Å². The number of hydrogen-bond acceptors (Lipinski definition) is 8. The van der Waals surface area contributed by atoms with E-state index < -0.39 is 5.76 Å². The first-order valence-electron chi connectivity index (χ1n) is 9.37. The fourth-order valence-electron chi connectivity index (χ4n) is 2.85. The molecular weight excluding hydrogens is 461 g/mol. The molecule has 4 rings (SSSR count). The predicted molar refractivity (Wildman–Crippen MR) is 121 cm³/mol. The van der Waals surface area contributed by atoms with E-state index >= 15 is 0 Å². The van der Waals surface area contributed by atoms with Gasteiger partial charge in [-0.05, 0) is 37.1 Å². The molecule has 0 spiro atoms. The monoisotopic (exact) mass is 477 g/mol. The summed E-state index contributed by atoms with van der Waals surface area (Å²) < 4.78 is 10.3. The maximum Gasteiger partial charge on any atom is 0.439 e. The highest BCUT2D eigenvalue weighted by molar-refractivity contribution is 7.19. The fourth-order valence-corrected chi connectivity index (χ4v) is 4.15. The van der Waals surface area contributed by atoms with Crippen molar-refractivity contribution >= 4 is 40.4 Å². The molecule has 4 aromatic rings. The summed E-state index contributed by atoms with van der Waals surface area (Å²) in [6, 6.07) is 9.21. The first-order chi connectivity index (χ1) is 15.0. The minimum atomic E-state index is -0.628. The molecule has 0 amide bonds. The smallest absolute Gasteiger partial charge is 0.439 e. The number of nitrogens with zero attached hydrogens (tertiary/aromatic N) is 3. The number of benzene rings is 1. The Labute approximate surface area is 191 Å². The van der Waals surface area contributed by atoms with Crippen LogP contribution < -0.4 is 15.8 Å². The van der Waals surface area contributed by atoms with Crippen LogP contribution in [0.15, 0.2) is 45.8 Å². The lowest BCUT2D eigenvalue weighted by atomic mass is 10.1.